The molecule has 86 valence electrons. The van der Waals surface area contributed by atoms with Gasteiger partial charge < -0.3 is 10.2 Å². The monoisotopic (exact) mass is 217 g/mol. The summed E-state index contributed by atoms with van der Waals surface area (Å²) in [5.41, 5.74) is 5.93. The maximum Gasteiger partial charge on any atom is 0.145 e. The van der Waals surface area contributed by atoms with Gasteiger partial charge in [0.2, 0.25) is 0 Å². The van der Waals surface area contributed by atoms with Crippen LogP contribution in [0.25, 0.3) is 0 Å². The lowest BCUT2D eigenvalue weighted by molar-refractivity contribution is 0.0354. The zero-order valence-electron chi connectivity index (χ0n) is 10.5. The fraction of sp³-hybridized carbons (Fsp3) is 1.00. The van der Waals surface area contributed by atoms with E-state index in [4.69, 9.17) is 10.2 Å². The molecule has 3 heteroatoms. The molecule has 0 aromatic carbocycles. The van der Waals surface area contributed by atoms with Gasteiger partial charge in [0.05, 0.1) is 0 Å². The van der Waals surface area contributed by atoms with Crippen LogP contribution in [0, 0.1) is 17.3 Å². The molecular formula is C11H27NOSi. The van der Waals surface area contributed by atoms with E-state index in [1.54, 1.807) is 0 Å². The van der Waals surface area contributed by atoms with Crippen LogP contribution in [-0.2, 0) is 4.43 Å². The number of nitrogens with two attached hydrogens (primary N) is 1. The van der Waals surface area contributed by atoms with Gasteiger partial charge in [-0.05, 0) is 36.6 Å². The van der Waals surface area contributed by atoms with Crippen molar-refractivity contribution in [1.82, 2.24) is 0 Å². The van der Waals surface area contributed by atoms with Crippen molar-refractivity contribution in [2.45, 2.75) is 40.5 Å². The molecule has 2 N–H and O–H groups in total. The first-order valence-corrected chi connectivity index (χ1v) is 6.52. The van der Waals surface area contributed by atoms with E-state index in [9.17, 15) is 0 Å². The lowest BCUT2D eigenvalue weighted by atomic mass is 9.67. The van der Waals surface area contributed by atoms with Gasteiger partial charge in [0.15, 0.2) is 0 Å². The molecule has 0 amide bonds. The smallest absolute Gasteiger partial charge is 0.145 e. The van der Waals surface area contributed by atoms with E-state index in [2.05, 4.69) is 27.7 Å². The molecule has 0 aliphatic rings. The van der Waals surface area contributed by atoms with Gasteiger partial charge in [-0.25, -0.2) is 0 Å². The zero-order valence-corrected chi connectivity index (χ0v) is 12.5. The number of rotatable bonds is 7. The lowest BCUT2D eigenvalue weighted by Crippen LogP contribution is -2.38. The molecule has 0 saturated carbocycles. The highest BCUT2D eigenvalue weighted by molar-refractivity contribution is 5.97. The third-order valence-corrected chi connectivity index (χ3v) is 3.85. The average molecular weight is 217 g/mol. The summed E-state index contributed by atoms with van der Waals surface area (Å²) in [5.74, 6) is 1.34. The van der Waals surface area contributed by atoms with Gasteiger partial charge in [-0.3, -0.25) is 0 Å². The van der Waals surface area contributed by atoms with Crippen LogP contribution >= 0.6 is 0 Å². The van der Waals surface area contributed by atoms with Crippen LogP contribution in [0.3, 0.4) is 0 Å². The Morgan fingerprint density at radius 2 is 1.71 bits per heavy atom. The van der Waals surface area contributed by atoms with Gasteiger partial charge in [0.25, 0.3) is 0 Å². The summed E-state index contributed by atoms with van der Waals surface area (Å²) >= 11 is 0. The Balaban J connectivity index is 4.56. The summed E-state index contributed by atoms with van der Waals surface area (Å²) in [6, 6.07) is 0. The van der Waals surface area contributed by atoms with Crippen molar-refractivity contribution in [2.75, 3.05) is 13.2 Å². The van der Waals surface area contributed by atoms with E-state index in [1.807, 2.05) is 0 Å². The molecule has 0 fully saturated rings. The first kappa shape index (κ1) is 14.1. The summed E-state index contributed by atoms with van der Waals surface area (Å²) in [6.45, 7) is 10.9. The summed E-state index contributed by atoms with van der Waals surface area (Å²) in [6.07, 6.45) is 2.31. The van der Waals surface area contributed by atoms with E-state index in [1.165, 1.54) is 6.42 Å². The molecule has 0 bridgehead atoms. The van der Waals surface area contributed by atoms with E-state index >= 15 is 0 Å². The average Bonchev–Trinajstić information content (AvgIpc) is 2.11. The van der Waals surface area contributed by atoms with E-state index in [0.29, 0.717) is 17.3 Å². The van der Waals surface area contributed by atoms with Gasteiger partial charge in [0, 0.05) is 6.61 Å². The molecule has 0 aliphatic heterocycles. The molecule has 0 radical (unpaired) electrons. The van der Waals surface area contributed by atoms with Crippen LogP contribution < -0.4 is 5.73 Å². The second kappa shape index (κ2) is 6.59. The van der Waals surface area contributed by atoms with Crippen molar-refractivity contribution in [1.29, 1.82) is 0 Å². The highest BCUT2D eigenvalue weighted by Crippen LogP contribution is 2.40. The predicted octanol–water partition coefficient (Wildman–Crippen LogP) is 1.32. The fourth-order valence-electron chi connectivity index (χ4n) is 2.35. The van der Waals surface area contributed by atoms with Crippen LogP contribution in [0.4, 0.5) is 0 Å². The Morgan fingerprint density at radius 3 is 2.00 bits per heavy atom. The summed E-state index contributed by atoms with van der Waals surface area (Å²) < 4.78 is 5.53. The first-order chi connectivity index (χ1) is 6.51. The maximum absolute atomic E-state index is 5.60. The second-order valence-electron chi connectivity index (χ2n) is 4.87. The molecule has 0 atom stereocenters. The highest BCUT2D eigenvalue weighted by atomic mass is 28.2. The van der Waals surface area contributed by atoms with Gasteiger partial charge in [0.1, 0.15) is 10.5 Å². The third-order valence-electron chi connectivity index (χ3n) is 3.56. The Morgan fingerprint density at radius 1 is 1.21 bits per heavy atom. The standard InChI is InChI=1S/C11H27NOSi/c1-9(2)11(8-13-14,10(3)4)6-5-7-12/h9-10H,5-8,12H2,1-4,14H3. The topological polar surface area (TPSA) is 35.2 Å². The minimum absolute atomic E-state index is 0.334. The molecule has 0 unspecified atom stereocenters. The maximum atomic E-state index is 5.60. The van der Waals surface area contributed by atoms with Crippen molar-refractivity contribution in [3.05, 3.63) is 0 Å². The Hall–Kier alpha value is 0.137. The molecule has 0 spiro atoms. The summed E-state index contributed by atoms with van der Waals surface area (Å²) in [4.78, 5) is 0. The van der Waals surface area contributed by atoms with Crippen molar-refractivity contribution < 1.29 is 4.43 Å². The molecule has 0 aromatic heterocycles. The Kier molecular flexibility index (Phi) is 6.65. The summed E-state index contributed by atoms with van der Waals surface area (Å²) in [5, 5.41) is 0. The van der Waals surface area contributed by atoms with Gasteiger partial charge >= 0.3 is 0 Å². The van der Waals surface area contributed by atoms with Gasteiger partial charge in [-0.15, -0.1) is 0 Å². The highest BCUT2D eigenvalue weighted by Gasteiger charge is 2.36. The van der Waals surface area contributed by atoms with E-state index in [0.717, 1.165) is 30.1 Å². The number of hydrogen-bond acceptors (Lipinski definition) is 2. The van der Waals surface area contributed by atoms with Gasteiger partial charge in [-0.2, -0.15) is 0 Å². The minimum atomic E-state index is 0.334. The molecule has 2 nitrogen and oxygen atoms in total. The molecule has 0 rings (SSSR count). The fourth-order valence-corrected chi connectivity index (χ4v) is 2.89. The third kappa shape index (κ3) is 3.37. The molecule has 0 aliphatic carbocycles. The van der Waals surface area contributed by atoms with E-state index in [-0.39, 0.29) is 0 Å². The molecule has 0 saturated heterocycles. The van der Waals surface area contributed by atoms with Crippen molar-refractivity contribution in [3.8, 4) is 0 Å². The molecule has 0 aromatic rings. The second-order valence-corrected chi connectivity index (χ2v) is 5.45. The van der Waals surface area contributed by atoms with Crippen molar-refractivity contribution >= 4 is 10.5 Å². The molecular weight excluding hydrogens is 190 g/mol. The quantitative estimate of drug-likeness (QED) is 0.653. The molecule has 0 heterocycles. The van der Waals surface area contributed by atoms with Crippen LogP contribution in [0.1, 0.15) is 40.5 Å². The first-order valence-electron chi connectivity index (χ1n) is 5.70. The SMILES string of the molecule is CC(C)C(CCCN)(CO[SiH3])C(C)C. The minimum Gasteiger partial charge on any atom is -0.427 e. The van der Waals surface area contributed by atoms with Crippen LogP contribution in [0.2, 0.25) is 0 Å². The van der Waals surface area contributed by atoms with Gasteiger partial charge in [-0.1, -0.05) is 27.7 Å². The number of hydrogen-bond donors (Lipinski definition) is 1. The predicted molar refractivity (Wildman–Crippen MR) is 66.3 cm³/mol. The largest absolute Gasteiger partial charge is 0.427 e. The van der Waals surface area contributed by atoms with Crippen LogP contribution in [0.5, 0.6) is 0 Å². The Bertz CT molecular complexity index is 140. The van der Waals surface area contributed by atoms with Crippen molar-refractivity contribution in [3.63, 3.8) is 0 Å². The van der Waals surface area contributed by atoms with Crippen LogP contribution in [0.15, 0.2) is 0 Å². The molecule has 14 heavy (non-hydrogen) atoms. The Labute approximate surface area is 92.1 Å². The van der Waals surface area contributed by atoms with Crippen molar-refractivity contribution in [2.24, 2.45) is 23.0 Å². The summed E-state index contributed by atoms with van der Waals surface area (Å²) in [7, 11) is 0.839. The van der Waals surface area contributed by atoms with Crippen LogP contribution in [-0.4, -0.2) is 23.6 Å². The van der Waals surface area contributed by atoms with E-state index < -0.39 is 0 Å². The lowest BCUT2D eigenvalue weighted by Gasteiger charge is -2.41. The normalized spacial score (nSPS) is 13.1. The zero-order chi connectivity index (χ0) is 11.2.